The fraction of sp³-hybridized carbons (Fsp3) is 0.458. The molecule has 3 rings (SSSR count). The van der Waals surface area contributed by atoms with Gasteiger partial charge in [0.25, 0.3) is 0 Å². The standard InChI is InChI=1S/C24H27NO11/c1-11-8-20(30)35-18-9-16(6-7-17(11)18)34-24-21(25-12(2)26)23(33-15(5)29)22(32-14(4)28)19(36-24)10-31-13(3)27/h6-9,19,21-24H,10H2,1-5H3,(H,25,26)/t19-,21-,22-,23-,24+/m0/s1. The third-order valence-corrected chi connectivity index (χ3v) is 5.25. The molecule has 0 unspecified atom stereocenters. The highest BCUT2D eigenvalue weighted by molar-refractivity contribution is 5.81. The van der Waals surface area contributed by atoms with E-state index in [-0.39, 0.29) is 17.9 Å². The fourth-order valence-corrected chi connectivity index (χ4v) is 3.90. The largest absolute Gasteiger partial charge is 0.463 e. The molecule has 0 saturated carbocycles. The first-order chi connectivity index (χ1) is 16.9. The van der Waals surface area contributed by atoms with Gasteiger partial charge in [-0.1, -0.05) is 0 Å². The number of rotatable bonds is 7. The number of hydrogen-bond donors (Lipinski definition) is 1. The molecule has 2 aromatic rings. The maximum Gasteiger partial charge on any atom is 0.336 e. The highest BCUT2D eigenvalue weighted by atomic mass is 16.7. The molecular weight excluding hydrogens is 478 g/mol. The quantitative estimate of drug-likeness (QED) is 0.327. The maximum atomic E-state index is 12.0. The van der Waals surface area contributed by atoms with Gasteiger partial charge in [-0.3, -0.25) is 19.2 Å². The maximum absolute atomic E-state index is 12.0. The van der Waals surface area contributed by atoms with Gasteiger partial charge >= 0.3 is 23.5 Å². The molecule has 0 aliphatic carbocycles. The van der Waals surface area contributed by atoms with Crippen molar-refractivity contribution in [2.75, 3.05) is 6.61 Å². The van der Waals surface area contributed by atoms with Crippen molar-refractivity contribution in [2.45, 2.75) is 65.3 Å². The van der Waals surface area contributed by atoms with E-state index in [1.165, 1.54) is 26.0 Å². The van der Waals surface area contributed by atoms with Crippen molar-refractivity contribution in [1.82, 2.24) is 5.32 Å². The number of carbonyl (C=O) groups is 4. The van der Waals surface area contributed by atoms with Crippen LogP contribution in [-0.2, 0) is 38.1 Å². The van der Waals surface area contributed by atoms with Crippen LogP contribution in [0.3, 0.4) is 0 Å². The van der Waals surface area contributed by atoms with Crippen LogP contribution < -0.4 is 15.7 Å². The van der Waals surface area contributed by atoms with Crippen molar-refractivity contribution >= 4 is 34.8 Å². The summed E-state index contributed by atoms with van der Waals surface area (Å²) in [6.07, 6.45) is -4.90. The molecule has 2 heterocycles. The molecule has 1 fully saturated rings. The molecule has 1 aromatic carbocycles. The third kappa shape index (κ3) is 6.60. The molecule has 1 aromatic heterocycles. The van der Waals surface area contributed by atoms with Crippen LogP contribution in [0.4, 0.5) is 0 Å². The Morgan fingerprint density at radius 3 is 2.22 bits per heavy atom. The summed E-state index contributed by atoms with van der Waals surface area (Å²) in [5.74, 6) is -2.35. The van der Waals surface area contributed by atoms with Gasteiger partial charge in [-0.05, 0) is 24.6 Å². The molecule has 1 aliphatic heterocycles. The molecule has 1 saturated heterocycles. The molecule has 1 aliphatic rings. The van der Waals surface area contributed by atoms with Crippen LogP contribution >= 0.6 is 0 Å². The van der Waals surface area contributed by atoms with Crippen LogP contribution in [0.2, 0.25) is 0 Å². The van der Waals surface area contributed by atoms with E-state index in [1.807, 2.05) is 0 Å². The number of fused-ring (bicyclic) bond motifs is 1. The average molecular weight is 505 g/mol. The minimum atomic E-state index is -1.29. The molecular formula is C24H27NO11. The molecule has 0 spiro atoms. The molecule has 1 N–H and O–H groups in total. The van der Waals surface area contributed by atoms with Gasteiger partial charge < -0.3 is 33.4 Å². The highest BCUT2D eigenvalue weighted by Crippen LogP contribution is 2.30. The van der Waals surface area contributed by atoms with E-state index < -0.39 is 60.1 Å². The SMILES string of the molecule is CC(=O)N[C@@H]1[C@H](Oc2ccc3c(C)cc(=O)oc3c2)O[C@@H](COC(C)=O)[C@H](OC(C)=O)[C@H]1OC(C)=O. The molecule has 36 heavy (non-hydrogen) atoms. The first-order valence-electron chi connectivity index (χ1n) is 11.1. The van der Waals surface area contributed by atoms with E-state index in [1.54, 1.807) is 19.1 Å². The summed E-state index contributed by atoms with van der Waals surface area (Å²) in [5.41, 5.74) is 0.427. The van der Waals surface area contributed by atoms with Crippen LogP contribution in [0, 0.1) is 6.92 Å². The van der Waals surface area contributed by atoms with Crippen molar-refractivity contribution < 1.29 is 47.3 Å². The van der Waals surface area contributed by atoms with E-state index in [0.717, 1.165) is 13.8 Å². The van der Waals surface area contributed by atoms with Crippen LogP contribution in [0.5, 0.6) is 5.75 Å². The number of carbonyl (C=O) groups excluding carboxylic acids is 4. The summed E-state index contributed by atoms with van der Waals surface area (Å²) >= 11 is 0. The average Bonchev–Trinajstić information content (AvgIpc) is 2.75. The van der Waals surface area contributed by atoms with Crippen molar-refractivity contribution in [2.24, 2.45) is 0 Å². The highest BCUT2D eigenvalue weighted by Gasteiger charge is 2.52. The van der Waals surface area contributed by atoms with E-state index in [2.05, 4.69) is 5.32 Å². The zero-order valence-corrected chi connectivity index (χ0v) is 20.4. The molecule has 194 valence electrons. The van der Waals surface area contributed by atoms with Gasteiger partial charge in [0.1, 0.15) is 30.1 Å². The summed E-state index contributed by atoms with van der Waals surface area (Å²) in [7, 11) is 0. The number of nitrogens with one attached hydrogen (secondary N) is 1. The van der Waals surface area contributed by atoms with Crippen molar-refractivity contribution in [3.63, 3.8) is 0 Å². The lowest BCUT2D eigenvalue weighted by atomic mass is 9.96. The predicted molar refractivity (Wildman–Crippen MR) is 122 cm³/mol. The summed E-state index contributed by atoms with van der Waals surface area (Å²) in [6, 6.07) is 4.98. The van der Waals surface area contributed by atoms with Crippen LogP contribution in [0.15, 0.2) is 33.5 Å². The second-order valence-corrected chi connectivity index (χ2v) is 8.24. The first-order valence-corrected chi connectivity index (χ1v) is 11.1. The summed E-state index contributed by atoms with van der Waals surface area (Å²) in [4.78, 5) is 59.0. The van der Waals surface area contributed by atoms with Gasteiger partial charge in [-0.25, -0.2) is 4.79 Å². The number of amides is 1. The van der Waals surface area contributed by atoms with Gasteiger partial charge in [0, 0.05) is 45.2 Å². The number of ether oxygens (including phenoxy) is 5. The number of benzene rings is 1. The molecule has 12 heteroatoms. The number of aryl methyl sites for hydroxylation is 1. The summed E-state index contributed by atoms with van der Waals surface area (Å²) in [6.45, 7) is 6.12. The normalized spacial score (nSPS) is 23.4. The lowest BCUT2D eigenvalue weighted by molar-refractivity contribution is -0.257. The van der Waals surface area contributed by atoms with Crippen molar-refractivity contribution in [1.29, 1.82) is 0 Å². The number of esters is 3. The second kappa shape index (κ2) is 11.2. The Bertz CT molecular complexity index is 1220. The lowest BCUT2D eigenvalue weighted by Crippen LogP contribution is -2.67. The Morgan fingerprint density at radius 2 is 1.61 bits per heavy atom. The molecule has 1 amide bonds. The Morgan fingerprint density at radius 1 is 0.944 bits per heavy atom. The van der Waals surface area contributed by atoms with E-state index >= 15 is 0 Å². The Kier molecular flexibility index (Phi) is 8.30. The van der Waals surface area contributed by atoms with E-state index in [0.29, 0.717) is 10.9 Å². The van der Waals surface area contributed by atoms with Gasteiger partial charge in [0.05, 0.1) is 0 Å². The van der Waals surface area contributed by atoms with Gasteiger partial charge in [-0.15, -0.1) is 0 Å². The minimum Gasteiger partial charge on any atom is -0.463 e. The summed E-state index contributed by atoms with van der Waals surface area (Å²) in [5, 5.41) is 3.30. The third-order valence-electron chi connectivity index (χ3n) is 5.25. The molecule has 5 atom stereocenters. The zero-order valence-electron chi connectivity index (χ0n) is 20.4. The van der Waals surface area contributed by atoms with Gasteiger partial charge in [0.2, 0.25) is 12.2 Å². The van der Waals surface area contributed by atoms with Crippen LogP contribution in [-0.4, -0.2) is 61.1 Å². The Hall–Kier alpha value is -3.93. The van der Waals surface area contributed by atoms with Gasteiger partial charge in [-0.2, -0.15) is 0 Å². The lowest BCUT2D eigenvalue weighted by Gasteiger charge is -2.44. The van der Waals surface area contributed by atoms with Crippen LogP contribution in [0.25, 0.3) is 11.0 Å². The van der Waals surface area contributed by atoms with E-state index in [4.69, 9.17) is 28.1 Å². The predicted octanol–water partition coefficient (Wildman–Crippen LogP) is 1.14. The Labute approximate surface area is 205 Å². The number of hydrogen-bond acceptors (Lipinski definition) is 11. The minimum absolute atomic E-state index is 0.204. The fourth-order valence-electron chi connectivity index (χ4n) is 3.90. The zero-order chi connectivity index (χ0) is 26.6. The summed E-state index contributed by atoms with van der Waals surface area (Å²) < 4.78 is 33.1. The van der Waals surface area contributed by atoms with Crippen molar-refractivity contribution in [3.05, 3.63) is 40.2 Å². The first kappa shape index (κ1) is 26.7. The molecule has 0 bridgehead atoms. The smallest absolute Gasteiger partial charge is 0.336 e. The van der Waals surface area contributed by atoms with Gasteiger partial charge in [0.15, 0.2) is 12.2 Å². The molecule has 0 radical (unpaired) electrons. The van der Waals surface area contributed by atoms with Crippen LogP contribution in [0.1, 0.15) is 33.3 Å². The Balaban J connectivity index is 2.02. The second-order valence-electron chi connectivity index (χ2n) is 8.24. The van der Waals surface area contributed by atoms with Crippen molar-refractivity contribution in [3.8, 4) is 5.75 Å². The monoisotopic (exact) mass is 505 g/mol. The topological polar surface area (TPSA) is 157 Å². The molecule has 12 nitrogen and oxygen atoms in total. The van der Waals surface area contributed by atoms with E-state index in [9.17, 15) is 24.0 Å².